The van der Waals surface area contributed by atoms with Crippen LogP contribution in [0.1, 0.15) is 45.4 Å². The first-order chi connectivity index (χ1) is 9.44. The first kappa shape index (κ1) is 15.6. The minimum atomic E-state index is 0.0350. The fraction of sp³-hybridized carbons (Fsp3) is 0.688. The molecule has 0 bridgehead atoms. The third-order valence-corrected chi connectivity index (χ3v) is 4.02. The number of alkyl halides is 1. The molecule has 2 heterocycles. The van der Waals surface area contributed by atoms with Crippen LogP contribution in [0.4, 0.5) is 5.82 Å². The first-order valence-electron chi connectivity index (χ1n) is 7.38. The SMILES string of the molecule is CCC1CN(c2cc(CCl)cc(C(C)(C)C)n2)CCO1. The van der Waals surface area contributed by atoms with Crippen LogP contribution in [0.15, 0.2) is 12.1 Å². The topological polar surface area (TPSA) is 25.4 Å². The predicted molar refractivity (Wildman–Crippen MR) is 84.7 cm³/mol. The smallest absolute Gasteiger partial charge is 0.129 e. The van der Waals surface area contributed by atoms with Gasteiger partial charge in [-0.2, -0.15) is 0 Å². The zero-order chi connectivity index (χ0) is 14.8. The van der Waals surface area contributed by atoms with Crippen molar-refractivity contribution in [1.82, 2.24) is 4.98 Å². The Kier molecular flexibility index (Phi) is 4.92. The van der Waals surface area contributed by atoms with E-state index in [1.807, 2.05) is 0 Å². The van der Waals surface area contributed by atoms with Crippen LogP contribution in [-0.4, -0.2) is 30.8 Å². The van der Waals surface area contributed by atoms with E-state index in [-0.39, 0.29) is 5.41 Å². The highest BCUT2D eigenvalue weighted by atomic mass is 35.5. The average Bonchev–Trinajstić information content (AvgIpc) is 2.46. The van der Waals surface area contributed by atoms with Crippen molar-refractivity contribution in [2.24, 2.45) is 0 Å². The van der Waals surface area contributed by atoms with Gasteiger partial charge in [-0.3, -0.25) is 0 Å². The van der Waals surface area contributed by atoms with Crippen molar-refractivity contribution in [2.45, 2.75) is 51.5 Å². The van der Waals surface area contributed by atoms with Gasteiger partial charge in [-0.1, -0.05) is 27.7 Å². The molecule has 1 atom stereocenters. The summed E-state index contributed by atoms with van der Waals surface area (Å²) in [4.78, 5) is 7.18. The van der Waals surface area contributed by atoms with Crippen molar-refractivity contribution in [3.05, 3.63) is 23.4 Å². The van der Waals surface area contributed by atoms with Gasteiger partial charge >= 0.3 is 0 Å². The number of rotatable bonds is 3. The monoisotopic (exact) mass is 296 g/mol. The van der Waals surface area contributed by atoms with Gasteiger partial charge in [0.15, 0.2) is 0 Å². The molecule has 2 rings (SSSR count). The van der Waals surface area contributed by atoms with Gasteiger partial charge in [-0.15, -0.1) is 11.6 Å². The van der Waals surface area contributed by atoms with Crippen LogP contribution in [0.25, 0.3) is 0 Å². The van der Waals surface area contributed by atoms with Crippen LogP contribution in [0.3, 0.4) is 0 Å². The van der Waals surface area contributed by atoms with Crippen LogP contribution >= 0.6 is 11.6 Å². The number of nitrogens with zero attached hydrogens (tertiary/aromatic N) is 2. The second-order valence-electron chi connectivity index (χ2n) is 6.45. The Balaban J connectivity index is 2.30. The van der Waals surface area contributed by atoms with E-state index in [0.29, 0.717) is 12.0 Å². The molecule has 0 saturated carbocycles. The molecular weight excluding hydrogens is 272 g/mol. The Morgan fingerprint density at radius 1 is 1.40 bits per heavy atom. The van der Waals surface area contributed by atoms with Crippen molar-refractivity contribution >= 4 is 17.4 Å². The van der Waals surface area contributed by atoms with Gasteiger partial charge in [0.05, 0.1) is 12.7 Å². The fourth-order valence-electron chi connectivity index (χ4n) is 2.37. The highest BCUT2D eigenvalue weighted by Crippen LogP contribution is 2.26. The number of aromatic nitrogens is 1. The van der Waals surface area contributed by atoms with Gasteiger partial charge in [0.25, 0.3) is 0 Å². The zero-order valence-corrected chi connectivity index (χ0v) is 13.7. The molecule has 4 heteroatoms. The lowest BCUT2D eigenvalue weighted by atomic mass is 9.91. The summed E-state index contributed by atoms with van der Waals surface area (Å²) in [5, 5.41) is 0. The van der Waals surface area contributed by atoms with Crippen LogP contribution in [0.5, 0.6) is 0 Å². The molecule has 0 aromatic carbocycles. The molecule has 0 aliphatic carbocycles. The Labute approximate surface area is 127 Å². The molecule has 1 aromatic heterocycles. The first-order valence-corrected chi connectivity index (χ1v) is 7.91. The molecule has 1 aromatic rings. The molecule has 1 aliphatic heterocycles. The van der Waals surface area contributed by atoms with Crippen molar-refractivity contribution in [3.63, 3.8) is 0 Å². The number of morpholine rings is 1. The van der Waals surface area contributed by atoms with Gasteiger partial charge in [-0.05, 0) is 24.1 Å². The summed E-state index contributed by atoms with van der Waals surface area (Å²) in [6.07, 6.45) is 1.35. The summed E-state index contributed by atoms with van der Waals surface area (Å²) in [5.74, 6) is 1.56. The lowest BCUT2D eigenvalue weighted by Crippen LogP contribution is -2.42. The summed E-state index contributed by atoms with van der Waals surface area (Å²) in [6, 6.07) is 4.23. The fourth-order valence-corrected chi connectivity index (χ4v) is 2.52. The minimum absolute atomic E-state index is 0.0350. The second-order valence-corrected chi connectivity index (χ2v) is 6.72. The van der Waals surface area contributed by atoms with Crippen LogP contribution in [-0.2, 0) is 16.0 Å². The van der Waals surface area contributed by atoms with E-state index in [1.165, 1.54) is 0 Å². The minimum Gasteiger partial charge on any atom is -0.375 e. The number of anilines is 1. The largest absolute Gasteiger partial charge is 0.375 e. The Hall–Kier alpha value is -0.800. The summed E-state index contributed by atoms with van der Waals surface area (Å²) < 4.78 is 5.74. The molecule has 0 radical (unpaired) electrons. The van der Waals surface area contributed by atoms with Crippen molar-refractivity contribution in [3.8, 4) is 0 Å². The average molecular weight is 297 g/mol. The number of pyridine rings is 1. The quantitative estimate of drug-likeness (QED) is 0.795. The summed E-state index contributed by atoms with van der Waals surface area (Å²) in [5.41, 5.74) is 2.28. The number of hydrogen-bond donors (Lipinski definition) is 0. The van der Waals surface area contributed by atoms with Crippen LogP contribution in [0.2, 0.25) is 0 Å². The number of hydrogen-bond acceptors (Lipinski definition) is 3. The van der Waals surface area contributed by atoms with E-state index < -0.39 is 0 Å². The third kappa shape index (κ3) is 3.64. The van der Waals surface area contributed by atoms with E-state index in [9.17, 15) is 0 Å². The molecule has 112 valence electrons. The molecule has 3 nitrogen and oxygen atoms in total. The van der Waals surface area contributed by atoms with Gasteiger partial charge in [0.1, 0.15) is 5.82 Å². The third-order valence-electron chi connectivity index (χ3n) is 3.71. The van der Waals surface area contributed by atoms with E-state index in [0.717, 1.165) is 43.2 Å². The maximum Gasteiger partial charge on any atom is 0.129 e. The van der Waals surface area contributed by atoms with Gasteiger partial charge in [0.2, 0.25) is 0 Å². The summed E-state index contributed by atoms with van der Waals surface area (Å²) in [7, 11) is 0. The summed E-state index contributed by atoms with van der Waals surface area (Å²) >= 11 is 6.04. The highest BCUT2D eigenvalue weighted by Gasteiger charge is 2.23. The van der Waals surface area contributed by atoms with Gasteiger partial charge in [-0.25, -0.2) is 4.98 Å². The zero-order valence-electron chi connectivity index (χ0n) is 12.9. The Bertz CT molecular complexity index is 456. The molecule has 0 spiro atoms. The van der Waals surface area contributed by atoms with Crippen LogP contribution in [0, 0.1) is 0 Å². The van der Waals surface area contributed by atoms with Gasteiger partial charge < -0.3 is 9.64 Å². The van der Waals surface area contributed by atoms with E-state index in [1.54, 1.807) is 0 Å². The molecule has 1 saturated heterocycles. The van der Waals surface area contributed by atoms with E-state index in [2.05, 4.69) is 44.7 Å². The standard InChI is InChI=1S/C16H25ClN2O/c1-5-13-11-19(6-7-20-13)15-9-12(10-17)8-14(18-15)16(2,3)4/h8-9,13H,5-7,10-11H2,1-4H3. The lowest BCUT2D eigenvalue weighted by molar-refractivity contribution is 0.0381. The molecule has 1 unspecified atom stereocenters. The lowest BCUT2D eigenvalue weighted by Gasteiger charge is -2.34. The molecule has 20 heavy (non-hydrogen) atoms. The highest BCUT2D eigenvalue weighted by molar-refractivity contribution is 6.17. The maximum absolute atomic E-state index is 6.04. The predicted octanol–water partition coefficient (Wildman–Crippen LogP) is 3.73. The van der Waals surface area contributed by atoms with Crippen LogP contribution < -0.4 is 4.90 Å². The Morgan fingerprint density at radius 3 is 2.75 bits per heavy atom. The summed E-state index contributed by atoms with van der Waals surface area (Å²) in [6.45, 7) is 11.3. The van der Waals surface area contributed by atoms with Crippen molar-refractivity contribution < 1.29 is 4.74 Å². The Morgan fingerprint density at radius 2 is 2.15 bits per heavy atom. The van der Waals surface area contributed by atoms with Crippen molar-refractivity contribution in [1.29, 1.82) is 0 Å². The van der Waals surface area contributed by atoms with Gasteiger partial charge in [0, 0.05) is 30.1 Å². The molecule has 0 amide bonds. The number of ether oxygens (including phenoxy) is 1. The number of halogens is 1. The molecular formula is C16H25ClN2O. The molecule has 1 fully saturated rings. The molecule has 1 aliphatic rings. The molecule has 0 N–H and O–H groups in total. The maximum atomic E-state index is 6.04. The van der Waals surface area contributed by atoms with E-state index >= 15 is 0 Å². The second kappa shape index (κ2) is 6.31. The van der Waals surface area contributed by atoms with Crippen molar-refractivity contribution in [2.75, 3.05) is 24.6 Å². The van der Waals surface area contributed by atoms with E-state index in [4.69, 9.17) is 21.3 Å². The normalized spacial score (nSPS) is 20.2.